The van der Waals surface area contributed by atoms with Gasteiger partial charge in [-0.25, -0.2) is 0 Å². The van der Waals surface area contributed by atoms with Crippen molar-refractivity contribution in [1.82, 2.24) is 0 Å². The summed E-state index contributed by atoms with van der Waals surface area (Å²) in [7, 11) is 0. The summed E-state index contributed by atoms with van der Waals surface area (Å²) in [6, 6.07) is 6.98. The summed E-state index contributed by atoms with van der Waals surface area (Å²) in [5, 5.41) is 57.9. The number of nitro groups is 2. The van der Waals surface area contributed by atoms with E-state index in [2.05, 4.69) is 6.58 Å². The van der Waals surface area contributed by atoms with Crippen LogP contribution in [0.5, 0.6) is 23.0 Å². The Balaban J connectivity index is 0.000000323. The molecule has 0 aromatic heterocycles. The number of phenolic OH excluding ortho intramolecular Hbond substituents is 2. The summed E-state index contributed by atoms with van der Waals surface area (Å²) in [5.74, 6) is -0.377. The van der Waals surface area contributed by atoms with Crippen LogP contribution in [0.4, 0.5) is 11.4 Å². The Morgan fingerprint density at radius 1 is 1.00 bits per heavy atom. The maximum absolute atomic E-state index is 10.7. The van der Waals surface area contributed by atoms with Crippen LogP contribution in [-0.2, 0) is 0 Å². The minimum Gasteiger partial charge on any atom is -0.508 e. The first kappa shape index (κ1) is 26.1. The van der Waals surface area contributed by atoms with Crippen LogP contribution >= 0.6 is 0 Å². The lowest BCUT2D eigenvalue weighted by Gasteiger charge is -2.20. The van der Waals surface area contributed by atoms with Gasteiger partial charge in [-0.1, -0.05) is 6.58 Å². The highest BCUT2D eigenvalue weighted by Gasteiger charge is 2.23. The molecule has 0 heterocycles. The van der Waals surface area contributed by atoms with Crippen molar-refractivity contribution in [2.75, 3.05) is 19.8 Å². The van der Waals surface area contributed by atoms with Crippen molar-refractivity contribution in [2.24, 2.45) is 0 Å². The van der Waals surface area contributed by atoms with Gasteiger partial charge < -0.3 is 29.9 Å². The molecule has 1 unspecified atom stereocenters. The fourth-order valence-electron chi connectivity index (χ4n) is 2.02. The minimum absolute atomic E-state index is 0.0444. The molecule has 0 saturated heterocycles. The van der Waals surface area contributed by atoms with Gasteiger partial charge in [0.25, 0.3) is 0 Å². The van der Waals surface area contributed by atoms with E-state index in [0.29, 0.717) is 0 Å². The van der Waals surface area contributed by atoms with E-state index in [0.717, 1.165) is 23.8 Å². The number of rotatable bonds is 9. The molecule has 0 aliphatic rings. The minimum atomic E-state index is -1.50. The quantitative estimate of drug-likeness (QED) is 0.250. The van der Waals surface area contributed by atoms with Gasteiger partial charge >= 0.3 is 11.4 Å². The molecule has 1 atom stereocenters. The average Bonchev–Trinajstić information content (AvgIpc) is 2.71. The van der Waals surface area contributed by atoms with Crippen LogP contribution in [0.25, 0.3) is 0 Å². The Kier molecular flexibility index (Phi) is 9.38. The predicted octanol–water partition coefficient (Wildman–Crippen LogP) is 2.68. The van der Waals surface area contributed by atoms with E-state index >= 15 is 0 Å². The van der Waals surface area contributed by atoms with Crippen molar-refractivity contribution in [3.05, 3.63) is 68.8 Å². The van der Waals surface area contributed by atoms with E-state index < -0.39 is 22.1 Å². The predicted molar refractivity (Wildman–Crippen MR) is 113 cm³/mol. The molecule has 2 rings (SSSR count). The maximum atomic E-state index is 10.7. The molecule has 4 N–H and O–H groups in total. The number of aromatic hydroxyl groups is 2. The molecule has 32 heavy (non-hydrogen) atoms. The van der Waals surface area contributed by atoms with Crippen LogP contribution in [0.2, 0.25) is 0 Å². The standard InChI is InChI=1S/C10H13NO6.C10H11NO4/c1-10(14,5-12)6-17-9-4-7(13)2-3-8(9)11(15)16;1-7(2)6-15-10-5-8(12)3-4-9(10)11(13)14/h2-4,12-14H,5-6H2,1H3;3-5,12H,1,6H2,2H3. The largest absolute Gasteiger partial charge is 0.508 e. The maximum Gasteiger partial charge on any atom is 0.311 e. The van der Waals surface area contributed by atoms with Gasteiger partial charge in [-0.05, 0) is 31.6 Å². The molecule has 12 nitrogen and oxygen atoms in total. The number of aliphatic hydroxyl groups excluding tert-OH is 1. The zero-order valence-corrected chi connectivity index (χ0v) is 17.4. The Labute approximate surface area is 182 Å². The van der Waals surface area contributed by atoms with E-state index in [1.165, 1.54) is 25.1 Å². The summed E-state index contributed by atoms with van der Waals surface area (Å²) in [4.78, 5) is 20.0. The zero-order chi connectivity index (χ0) is 24.5. The van der Waals surface area contributed by atoms with Crippen LogP contribution in [0.3, 0.4) is 0 Å². The van der Waals surface area contributed by atoms with Crippen molar-refractivity contribution < 1.29 is 39.7 Å². The van der Waals surface area contributed by atoms with Crippen LogP contribution in [0, 0.1) is 20.2 Å². The molecule has 174 valence electrons. The lowest BCUT2D eigenvalue weighted by atomic mass is 10.1. The van der Waals surface area contributed by atoms with Crippen molar-refractivity contribution in [2.45, 2.75) is 19.4 Å². The molecule has 12 heteroatoms. The molecular weight excluding hydrogens is 428 g/mol. The number of ether oxygens (including phenoxy) is 2. The Bertz CT molecular complexity index is 975. The summed E-state index contributed by atoms with van der Waals surface area (Å²) >= 11 is 0. The molecule has 0 aliphatic carbocycles. The van der Waals surface area contributed by atoms with Gasteiger partial charge in [0, 0.05) is 24.3 Å². The highest BCUT2D eigenvalue weighted by Crippen LogP contribution is 2.31. The molecule has 0 saturated carbocycles. The Hall–Kier alpha value is -3.90. The molecule has 0 spiro atoms. The van der Waals surface area contributed by atoms with E-state index in [4.69, 9.17) is 19.7 Å². The Morgan fingerprint density at radius 2 is 1.44 bits per heavy atom. The number of aliphatic hydroxyl groups is 2. The van der Waals surface area contributed by atoms with Gasteiger partial charge in [0.1, 0.15) is 30.3 Å². The SMILES string of the molecule is C=C(C)COc1cc(O)ccc1[N+](=O)[O-].CC(O)(CO)COc1cc(O)ccc1[N+](=O)[O-]. The third-order valence-electron chi connectivity index (χ3n) is 3.63. The fourth-order valence-corrected chi connectivity index (χ4v) is 2.02. The van der Waals surface area contributed by atoms with Gasteiger partial charge in [0.05, 0.1) is 16.5 Å². The summed E-state index contributed by atoms with van der Waals surface area (Å²) < 4.78 is 10.2. The molecular formula is C20H24N2O10. The molecule has 2 aromatic carbocycles. The number of phenols is 2. The van der Waals surface area contributed by atoms with Gasteiger partial charge in [0.2, 0.25) is 11.5 Å². The first-order valence-electron chi connectivity index (χ1n) is 9.04. The van der Waals surface area contributed by atoms with Crippen molar-refractivity contribution in [3.63, 3.8) is 0 Å². The number of nitrogens with zero attached hydrogens (tertiary/aromatic N) is 2. The number of hydrogen-bond donors (Lipinski definition) is 4. The molecule has 2 aromatic rings. The lowest BCUT2D eigenvalue weighted by molar-refractivity contribution is -0.386. The molecule has 0 fully saturated rings. The average molecular weight is 452 g/mol. The van der Waals surface area contributed by atoms with Crippen molar-refractivity contribution >= 4 is 11.4 Å². The summed E-state index contributed by atoms with van der Waals surface area (Å²) in [6.07, 6.45) is 0. The highest BCUT2D eigenvalue weighted by molar-refractivity contribution is 5.51. The fraction of sp³-hybridized carbons (Fsp3) is 0.300. The molecule has 0 amide bonds. The van der Waals surface area contributed by atoms with Crippen molar-refractivity contribution in [3.8, 4) is 23.0 Å². The van der Waals surface area contributed by atoms with E-state index in [1.54, 1.807) is 6.92 Å². The molecule has 0 aliphatic heterocycles. The third-order valence-corrected chi connectivity index (χ3v) is 3.63. The first-order chi connectivity index (χ1) is 14.9. The lowest BCUT2D eigenvalue weighted by Crippen LogP contribution is -2.36. The van der Waals surface area contributed by atoms with E-state index in [9.17, 15) is 30.4 Å². The van der Waals surface area contributed by atoms with Crippen LogP contribution in [0.15, 0.2) is 48.6 Å². The third kappa shape index (κ3) is 8.45. The first-order valence-corrected chi connectivity index (χ1v) is 9.04. The number of nitro benzene ring substituents is 2. The van der Waals surface area contributed by atoms with E-state index in [-0.39, 0.29) is 47.6 Å². The highest BCUT2D eigenvalue weighted by atomic mass is 16.6. The second-order valence-corrected chi connectivity index (χ2v) is 7.01. The van der Waals surface area contributed by atoms with E-state index in [1.807, 2.05) is 0 Å². The van der Waals surface area contributed by atoms with Crippen LogP contribution in [-0.4, -0.2) is 55.7 Å². The van der Waals surface area contributed by atoms with Gasteiger partial charge in [-0.3, -0.25) is 20.2 Å². The van der Waals surface area contributed by atoms with Crippen LogP contribution < -0.4 is 9.47 Å². The Morgan fingerprint density at radius 3 is 1.81 bits per heavy atom. The topological polar surface area (TPSA) is 186 Å². The number of benzene rings is 2. The molecule has 0 radical (unpaired) electrons. The smallest absolute Gasteiger partial charge is 0.311 e. The molecule has 0 bridgehead atoms. The second kappa shape index (κ2) is 11.5. The zero-order valence-electron chi connectivity index (χ0n) is 17.4. The van der Waals surface area contributed by atoms with Gasteiger partial charge in [-0.15, -0.1) is 0 Å². The summed E-state index contributed by atoms with van der Waals surface area (Å²) in [6.45, 7) is 5.99. The number of hydrogen-bond acceptors (Lipinski definition) is 10. The van der Waals surface area contributed by atoms with Crippen molar-refractivity contribution in [1.29, 1.82) is 0 Å². The second-order valence-electron chi connectivity index (χ2n) is 7.01. The van der Waals surface area contributed by atoms with Gasteiger partial charge in [-0.2, -0.15) is 0 Å². The summed E-state index contributed by atoms with van der Waals surface area (Å²) in [5.41, 5.74) is -1.25. The normalized spacial score (nSPS) is 12.0. The monoisotopic (exact) mass is 452 g/mol. The van der Waals surface area contributed by atoms with Gasteiger partial charge in [0.15, 0.2) is 0 Å². The van der Waals surface area contributed by atoms with Crippen LogP contribution in [0.1, 0.15) is 13.8 Å².